The lowest BCUT2D eigenvalue weighted by molar-refractivity contribution is -0.141. The van der Waals surface area contributed by atoms with E-state index in [0.717, 1.165) is 19.3 Å². The van der Waals surface area contributed by atoms with Crippen molar-refractivity contribution in [2.75, 3.05) is 26.9 Å². The number of aliphatic hydroxyl groups is 2. The first-order valence-electron chi connectivity index (χ1n) is 38.7. The van der Waals surface area contributed by atoms with Crippen molar-refractivity contribution in [3.63, 3.8) is 0 Å². The molecule has 1 aliphatic heterocycles. The third kappa shape index (κ3) is 27.4. The first-order valence-corrected chi connectivity index (χ1v) is 38.7. The van der Waals surface area contributed by atoms with Crippen molar-refractivity contribution < 1.29 is 82.1 Å². The number of hydrogen-bond acceptors (Lipinski definition) is 20. The van der Waals surface area contributed by atoms with Crippen LogP contribution in [0.4, 0.5) is 0 Å². The second kappa shape index (κ2) is 43.6. The number of ether oxygens (including phenoxy) is 1. The fraction of sp³-hybridized carbons (Fsp3) is 0.595. The van der Waals surface area contributed by atoms with Gasteiger partial charge in [0.2, 0.25) is 76.5 Å². The maximum Gasteiger partial charge on any atom is 0.246 e. The van der Waals surface area contributed by atoms with Gasteiger partial charge in [0.15, 0.2) is 5.78 Å². The van der Waals surface area contributed by atoms with E-state index in [1.54, 1.807) is 59.4 Å². The largest absolute Gasteiger partial charge is 0.394 e. The molecule has 0 radical (unpaired) electrons. The molecule has 1 fully saturated rings. The summed E-state index contributed by atoms with van der Waals surface area (Å²) in [5.74, 6) is -14.2. The average Bonchev–Trinajstić information content (AvgIpc) is 1.39. The van der Waals surface area contributed by atoms with Crippen LogP contribution in [0.2, 0.25) is 0 Å². The van der Waals surface area contributed by atoms with Crippen molar-refractivity contribution in [2.45, 2.75) is 250 Å². The molecule has 1 saturated carbocycles. The number of amides is 11. The van der Waals surface area contributed by atoms with Gasteiger partial charge in [-0.1, -0.05) is 112 Å². The topological polar surface area (TPSA) is 508 Å². The average molecular weight is 1560 g/mol. The highest BCUT2D eigenvalue weighted by molar-refractivity contribution is 6.41. The van der Waals surface area contributed by atoms with Gasteiger partial charge in [-0.15, -0.1) is 5.10 Å². The zero-order chi connectivity index (χ0) is 82.6. The number of carbonyl (C=O) groups is 14. The van der Waals surface area contributed by atoms with Gasteiger partial charge in [0.25, 0.3) is 0 Å². The van der Waals surface area contributed by atoms with Gasteiger partial charge in [-0.2, -0.15) is 0 Å². The van der Waals surface area contributed by atoms with Gasteiger partial charge in [0.1, 0.15) is 41.8 Å². The van der Waals surface area contributed by atoms with E-state index in [-0.39, 0.29) is 82.8 Å². The number of aliphatic hydroxyl groups excluding tert-OH is 2. The molecule has 4 aromatic rings. The molecule has 2 aliphatic rings. The number of carbonyl (C=O) groups excluding carboxylic acids is 14. The van der Waals surface area contributed by atoms with E-state index in [2.05, 4.69) is 68.5 Å². The van der Waals surface area contributed by atoms with E-state index in [4.69, 9.17) is 16.2 Å². The summed E-state index contributed by atoms with van der Waals surface area (Å²) >= 11 is 0. The van der Waals surface area contributed by atoms with Crippen molar-refractivity contribution in [3.8, 4) is 0 Å². The van der Waals surface area contributed by atoms with Crippen LogP contribution < -0.4 is 64.6 Å². The highest BCUT2D eigenvalue weighted by atomic mass is 16.5. The maximum atomic E-state index is 15.7. The second-order valence-electron chi connectivity index (χ2n) is 30.6. The summed E-state index contributed by atoms with van der Waals surface area (Å²) in [6, 6.07) is 4.57. The first kappa shape index (κ1) is 90.8. The van der Waals surface area contributed by atoms with Gasteiger partial charge in [-0.3, -0.25) is 67.1 Å². The number of nitrogens with two attached hydrogens (primary N) is 2. The number of nitrogens with zero attached hydrogens (tertiary/aromatic N) is 3. The Kier molecular flexibility index (Phi) is 35.4. The number of aromatic amines is 1. The van der Waals surface area contributed by atoms with E-state index < -0.39 is 179 Å². The predicted molar refractivity (Wildman–Crippen MR) is 415 cm³/mol. The van der Waals surface area contributed by atoms with Crippen LogP contribution in [0.3, 0.4) is 0 Å². The van der Waals surface area contributed by atoms with Gasteiger partial charge < -0.3 is 84.6 Å². The fourth-order valence-corrected chi connectivity index (χ4v) is 13.7. The van der Waals surface area contributed by atoms with Crippen molar-refractivity contribution >= 4 is 99.3 Å². The van der Waals surface area contributed by atoms with Crippen LogP contribution >= 0.6 is 0 Å². The Morgan fingerprint density at radius 3 is 2.06 bits per heavy atom. The van der Waals surface area contributed by atoms with Crippen LogP contribution in [0.25, 0.3) is 17.0 Å². The molecule has 2 unspecified atom stereocenters. The second-order valence-corrected chi connectivity index (χ2v) is 30.6. The molecule has 2 aromatic carbocycles. The van der Waals surface area contributed by atoms with Crippen molar-refractivity contribution in [3.05, 3.63) is 89.4 Å². The number of Topliss-reactive ketones (excluding diaryl/α,β-unsaturated/α-hetero) is 3. The van der Waals surface area contributed by atoms with E-state index in [1.807, 2.05) is 32.0 Å². The lowest BCUT2D eigenvalue weighted by Gasteiger charge is -2.35. The number of nitrogens with one attached hydrogen (secondary N) is 11. The van der Waals surface area contributed by atoms with Crippen molar-refractivity contribution in [1.82, 2.24) is 73.1 Å². The molecule has 112 heavy (non-hydrogen) atoms. The van der Waals surface area contributed by atoms with Crippen LogP contribution in [0.1, 0.15) is 181 Å². The summed E-state index contributed by atoms with van der Waals surface area (Å²) in [5.41, 5.74) is 10.2. The molecule has 11 amide bonds. The Morgan fingerprint density at radius 1 is 0.741 bits per heavy atom. The lowest BCUT2D eigenvalue weighted by Crippen LogP contribution is -2.63. The van der Waals surface area contributed by atoms with Gasteiger partial charge in [-0.25, -0.2) is 4.68 Å². The van der Waals surface area contributed by atoms with E-state index in [9.17, 15) is 58.2 Å². The van der Waals surface area contributed by atoms with Crippen molar-refractivity contribution in [2.24, 2.45) is 35.1 Å². The Hall–Kier alpha value is -10.1. The highest BCUT2D eigenvalue weighted by Gasteiger charge is 2.44. The van der Waals surface area contributed by atoms with E-state index in [0.29, 0.717) is 65.6 Å². The number of rotatable bonds is 30. The minimum absolute atomic E-state index is 0.00856. The highest BCUT2D eigenvalue weighted by Crippen LogP contribution is 2.33. The molecular formula is C79H116N16O17. The standard InChI is InChI=1S/C79H116N16O17/c1-45(2)37-60(87-50(7)98)73(107)90-66(49(6)97)76(110)88-61(39-52-23-14-13-15-24-52)75(109)92-78(8)33-18-11-12-19-35-95-63(30-22-36-112-10)58(93-94-95)29-21-34-79(9,77(111)89-62(44-96)74(108)86-48(5)70(104)85-47(4)69(81)103)91-72(106)55(38-51-25-20-26-51)43-83-59(31-32-65(80)100)68(102)67(101)46(3)84-71(105)53(41-64(78)99)40-54-42-82-57-28-17-16-27-56(54)57/h13-17,22-24,27-28,30,42,45-49,51,53,55,59-62,66,82-83,96-97H,11-12,18-21,25-26,29,31-41,43-44H2,1-10H3,(H2,80,100)(H2,81,103)(H,84,105)(H,85,104)(H,86,108)(H,87,98)(H,88,110)(H,89,111)(H,90,107)(H,91,106)(H,92,109)/b30-22+/t46-,47?,48-,49+,53+,55+,59-,60-,61-,62?,66-,78+,79-/m0/s1. The molecule has 614 valence electrons. The number of methoxy groups -OCH3 is 1. The first-order chi connectivity index (χ1) is 53.1. The summed E-state index contributed by atoms with van der Waals surface area (Å²) in [5, 5.41) is 58.3. The number of aryl methyl sites for hydroxylation is 2. The zero-order valence-electron chi connectivity index (χ0n) is 66.0. The Morgan fingerprint density at radius 2 is 1.42 bits per heavy atom. The quantitative estimate of drug-likeness (QED) is 0.0325. The summed E-state index contributed by atoms with van der Waals surface area (Å²) in [7, 11) is 1.52. The molecular weight excluding hydrogens is 1440 g/mol. The third-order valence-electron chi connectivity index (χ3n) is 20.7. The number of primary amides is 2. The molecule has 0 spiro atoms. The van der Waals surface area contributed by atoms with Gasteiger partial charge >= 0.3 is 0 Å². The Balaban J connectivity index is 1.42. The zero-order valence-corrected chi connectivity index (χ0v) is 66.0. The fourth-order valence-electron chi connectivity index (χ4n) is 13.7. The minimum atomic E-state index is -1.88. The number of benzene rings is 2. The molecule has 33 heteroatoms. The van der Waals surface area contributed by atoms with Crippen LogP contribution in [-0.2, 0) is 97.7 Å². The maximum absolute atomic E-state index is 15.7. The Bertz CT molecular complexity index is 3970. The summed E-state index contributed by atoms with van der Waals surface area (Å²) in [6.07, 6.45) is 6.85. The number of hydrogen-bond donors (Lipinski definition) is 15. The van der Waals surface area contributed by atoms with Crippen molar-refractivity contribution in [1.29, 1.82) is 0 Å². The number of H-pyrrole nitrogens is 1. The molecule has 2 aromatic heterocycles. The van der Waals surface area contributed by atoms with Gasteiger partial charge in [0, 0.05) is 69.4 Å². The number of ketones is 3. The molecule has 0 saturated heterocycles. The third-order valence-corrected chi connectivity index (χ3v) is 20.7. The molecule has 1 aliphatic carbocycles. The molecule has 2 bridgehead atoms. The van der Waals surface area contributed by atoms with Crippen LogP contribution in [0.5, 0.6) is 0 Å². The smallest absolute Gasteiger partial charge is 0.246 e. The SMILES string of the molecule is COC/C=C/c1c2nnn1CCCCCC[C@@](C)(NC(=O)[C@H](Cc1ccccc1)NC(=O)[C@@H](NC(=O)[C@H](CC(C)C)NC(C)=O)[C@@H](C)O)C(=O)C[C@@H](Cc1c[nH]c3ccccc13)C(=O)N[C@@H](C)C(=O)C(=O)[C@H](CCC(N)=O)NC[C@@H](CC1CCC1)C(=O)N[C@](C)(C(=O)NC(CO)C(=O)N[C@@H](C)C(=O)NC(C)C(N)=O)CCC2. The molecule has 3 heterocycles. The van der Waals surface area contributed by atoms with Gasteiger partial charge in [-0.05, 0) is 134 Å². The van der Waals surface area contributed by atoms with Crippen LogP contribution in [0.15, 0.2) is 66.9 Å². The number of para-hydroxylation sites is 1. The lowest BCUT2D eigenvalue weighted by atomic mass is 9.78. The van der Waals surface area contributed by atoms with Crippen LogP contribution in [0, 0.1) is 23.7 Å². The van der Waals surface area contributed by atoms with Crippen LogP contribution in [-0.4, -0.2) is 205 Å². The molecule has 33 nitrogen and oxygen atoms in total. The number of aromatic nitrogens is 4. The molecule has 6 rings (SSSR count). The normalized spacial score (nSPS) is 22.3. The summed E-state index contributed by atoms with van der Waals surface area (Å²) < 4.78 is 7.05. The summed E-state index contributed by atoms with van der Waals surface area (Å²) in [6.45, 7) is 12.4. The predicted octanol–water partition coefficient (Wildman–Crippen LogP) is 1.06. The number of fused-ring (bicyclic) bond motifs is 3. The molecule has 17 N–H and O–H groups in total. The van der Waals surface area contributed by atoms with E-state index in [1.165, 1.54) is 55.6 Å². The monoisotopic (exact) mass is 1560 g/mol. The Labute approximate surface area is 653 Å². The van der Waals surface area contributed by atoms with E-state index >= 15 is 19.2 Å². The van der Waals surface area contributed by atoms with Gasteiger partial charge in [0.05, 0.1) is 54.2 Å². The summed E-state index contributed by atoms with van der Waals surface area (Å²) in [4.78, 5) is 200. The molecule has 13 atom stereocenters. The minimum Gasteiger partial charge on any atom is -0.394 e.